The largest absolute Gasteiger partial charge is 0.501 e. The van der Waals surface area contributed by atoms with Crippen LogP contribution in [-0.4, -0.2) is 66.8 Å². The zero-order valence-corrected chi connectivity index (χ0v) is 16.7. The highest BCUT2D eigenvalue weighted by Gasteiger charge is 2.22. The van der Waals surface area contributed by atoms with E-state index in [1.54, 1.807) is 13.4 Å². The molecule has 1 aliphatic heterocycles. The number of likely N-dealkylation sites (tertiary alicyclic amines) is 1. The van der Waals surface area contributed by atoms with Crippen LogP contribution in [0.2, 0.25) is 0 Å². The maximum atomic E-state index is 5.50. The van der Waals surface area contributed by atoms with Crippen LogP contribution in [0.1, 0.15) is 24.5 Å². The summed E-state index contributed by atoms with van der Waals surface area (Å²) in [6.07, 6.45) is 4.60. The van der Waals surface area contributed by atoms with E-state index in [-0.39, 0.29) is 0 Å². The fourth-order valence-corrected chi connectivity index (χ4v) is 3.37. The Labute approximate surface area is 160 Å². The lowest BCUT2D eigenvalue weighted by Gasteiger charge is -2.16. The molecule has 1 fully saturated rings. The number of anilines is 2. The smallest absolute Gasteiger partial charge is 0.226 e. The average molecular weight is 372 g/mol. The van der Waals surface area contributed by atoms with Gasteiger partial charge in [0.1, 0.15) is 5.82 Å². The number of nitrogens with zero attached hydrogens (tertiary/aromatic N) is 4. The second kappa shape index (κ2) is 8.39. The Balaban J connectivity index is 2.05. The van der Waals surface area contributed by atoms with Gasteiger partial charge in [-0.1, -0.05) is 0 Å². The Bertz CT molecular complexity index is 839. The van der Waals surface area contributed by atoms with Crippen LogP contribution >= 0.6 is 0 Å². The van der Waals surface area contributed by atoms with E-state index >= 15 is 0 Å². The van der Waals surface area contributed by atoms with Crippen LogP contribution in [0.15, 0.2) is 6.26 Å². The molecule has 0 aromatic carbocycles. The number of aromatic nitrogens is 3. The summed E-state index contributed by atoms with van der Waals surface area (Å²) in [6.45, 7) is 6.62. The lowest BCUT2D eigenvalue weighted by Crippen LogP contribution is -2.24. The van der Waals surface area contributed by atoms with Crippen LogP contribution in [0, 0.1) is 6.92 Å². The van der Waals surface area contributed by atoms with Crippen molar-refractivity contribution in [3.8, 4) is 5.88 Å². The van der Waals surface area contributed by atoms with Gasteiger partial charge in [0.25, 0.3) is 0 Å². The van der Waals surface area contributed by atoms with E-state index < -0.39 is 0 Å². The summed E-state index contributed by atoms with van der Waals surface area (Å²) in [5.41, 5.74) is 2.45. The van der Waals surface area contributed by atoms with Crippen molar-refractivity contribution in [2.45, 2.75) is 26.3 Å². The third kappa shape index (κ3) is 4.05. The Kier molecular flexibility index (Phi) is 5.95. The number of pyridine rings is 1. The Morgan fingerprint density at radius 3 is 2.74 bits per heavy atom. The molecule has 2 N–H and O–H groups in total. The van der Waals surface area contributed by atoms with Gasteiger partial charge in [-0.3, -0.25) is 0 Å². The fourth-order valence-electron chi connectivity index (χ4n) is 3.37. The van der Waals surface area contributed by atoms with Gasteiger partial charge >= 0.3 is 0 Å². The van der Waals surface area contributed by atoms with Gasteiger partial charge < -0.3 is 25.0 Å². The molecule has 0 bridgehead atoms. The Hall–Kier alpha value is -2.61. The van der Waals surface area contributed by atoms with Gasteiger partial charge in [-0.15, -0.1) is 0 Å². The van der Waals surface area contributed by atoms with E-state index in [0.717, 1.165) is 41.8 Å². The summed E-state index contributed by atoms with van der Waals surface area (Å²) in [4.78, 5) is 16.2. The first-order valence-corrected chi connectivity index (χ1v) is 9.24. The molecule has 3 heterocycles. The first-order valence-electron chi connectivity index (χ1n) is 9.24. The molecule has 0 unspecified atom stereocenters. The zero-order chi connectivity index (χ0) is 19.4. The van der Waals surface area contributed by atoms with E-state index in [1.807, 2.05) is 27.0 Å². The number of methoxy groups -OCH3 is 1. The van der Waals surface area contributed by atoms with Crippen LogP contribution in [0.4, 0.5) is 11.8 Å². The molecule has 3 rings (SSSR count). The fraction of sp³-hybridized carbons (Fsp3) is 0.526. The molecule has 0 saturated carbocycles. The van der Waals surface area contributed by atoms with Crippen molar-refractivity contribution < 1.29 is 9.47 Å². The van der Waals surface area contributed by atoms with Crippen molar-refractivity contribution in [1.82, 2.24) is 19.9 Å². The quantitative estimate of drug-likeness (QED) is 0.717. The topological polar surface area (TPSA) is 84.4 Å². The first kappa shape index (κ1) is 19.2. The van der Waals surface area contributed by atoms with Crippen molar-refractivity contribution in [2.75, 3.05) is 51.5 Å². The number of ether oxygens (including phenoxy) is 2. The molecule has 0 amide bonds. The summed E-state index contributed by atoms with van der Waals surface area (Å²) in [5, 5.41) is 7.49. The minimum absolute atomic E-state index is 0.341. The zero-order valence-electron chi connectivity index (χ0n) is 16.7. The van der Waals surface area contributed by atoms with Crippen LogP contribution in [0.25, 0.3) is 17.1 Å². The van der Waals surface area contributed by atoms with Gasteiger partial charge in [0.15, 0.2) is 5.65 Å². The summed E-state index contributed by atoms with van der Waals surface area (Å²) < 4.78 is 10.8. The number of fused-ring (bicyclic) bond motifs is 1. The number of rotatable bonds is 7. The molecule has 8 heteroatoms. The second-order valence-corrected chi connectivity index (χ2v) is 6.65. The molecular weight excluding hydrogens is 344 g/mol. The molecule has 146 valence electrons. The van der Waals surface area contributed by atoms with E-state index in [0.29, 0.717) is 30.1 Å². The molecule has 0 spiro atoms. The summed E-state index contributed by atoms with van der Waals surface area (Å²) in [7, 11) is 5.59. The summed E-state index contributed by atoms with van der Waals surface area (Å²) >= 11 is 0. The number of likely N-dealkylation sites (N-methyl/N-ethyl adjacent to an activating group) is 1. The predicted molar refractivity (Wildman–Crippen MR) is 108 cm³/mol. The molecule has 0 radical (unpaired) electrons. The third-order valence-electron chi connectivity index (χ3n) is 4.76. The van der Waals surface area contributed by atoms with Crippen molar-refractivity contribution in [1.29, 1.82) is 0 Å². The number of hydrogen-bond acceptors (Lipinski definition) is 8. The molecule has 27 heavy (non-hydrogen) atoms. The molecular formula is C19H28N6O2. The molecule has 2 aromatic heterocycles. The highest BCUT2D eigenvalue weighted by atomic mass is 16.5. The maximum absolute atomic E-state index is 5.50. The monoisotopic (exact) mass is 372 g/mol. The number of nitrogens with one attached hydrogen (secondary N) is 2. The van der Waals surface area contributed by atoms with Gasteiger partial charge in [0.05, 0.1) is 25.4 Å². The summed E-state index contributed by atoms with van der Waals surface area (Å²) in [5.74, 6) is 1.84. The lowest BCUT2D eigenvalue weighted by molar-refractivity contribution is 0.272. The first-order chi connectivity index (χ1) is 13.1. The minimum atomic E-state index is 0.341. The molecule has 8 nitrogen and oxygen atoms in total. The molecule has 0 aliphatic carbocycles. The van der Waals surface area contributed by atoms with Gasteiger partial charge in [-0.25, -0.2) is 0 Å². The SMILES string of the molecule is CCOC=Cc1c(OC)nc2nc(N[C@@H]3CCN(C)C3)nc(NC)c2c1C. The van der Waals surface area contributed by atoms with Gasteiger partial charge in [-0.2, -0.15) is 15.0 Å². The van der Waals surface area contributed by atoms with Crippen molar-refractivity contribution in [3.05, 3.63) is 17.4 Å². The highest BCUT2D eigenvalue weighted by Crippen LogP contribution is 2.32. The average Bonchev–Trinajstić information content (AvgIpc) is 3.07. The van der Waals surface area contributed by atoms with Gasteiger partial charge in [0.2, 0.25) is 11.8 Å². The second-order valence-electron chi connectivity index (χ2n) is 6.65. The van der Waals surface area contributed by atoms with Crippen molar-refractivity contribution in [3.63, 3.8) is 0 Å². The number of hydrogen-bond donors (Lipinski definition) is 2. The van der Waals surface area contributed by atoms with E-state index in [9.17, 15) is 0 Å². The predicted octanol–water partition coefficient (Wildman–Crippen LogP) is 2.51. The van der Waals surface area contributed by atoms with Crippen LogP contribution < -0.4 is 15.4 Å². The standard InChI is InChI=1S/C19H28N6O2/c1-6-27-10-8-14-12(2)15-16(20-3)23-19(21-13-7-9-25(4)11-13)24-17(15)22-18(14)26-5/h8,10,13H,6-7,9,11H2,1-5H3,(H2,20,21,22,23,24)/t13-/m1/s1. The lowest BCUT2D eigenvalue weighted by atomic mass is 10.1. The molecule has 1 aliphatic rings. The van der Waals surface area contributed by atoms with Crippen molar-refractivity contribution in [2.24, 2.45) is 0 Å². The van der Waals surface area contributed by atoms with Crippen LogP contribution in [0.5, 0.6) is 5.88 Å². The van der Waals surface area contributed by atoms with E-state index in [1.165, 1.54) is 0 Å². The molecule has 1 atom stereocenters. The molecule has 2 aromatic rings. The molecule has 1 saturated heterocycles. The van der Waals surface area contributed by atoms with Gasteiger partial charge in [-0.05, 0) is 45.5 Å². The number of aryl methyl sites for hydroxylation is 1. The normalized spacial score (nSPS) is 17.6. The van der Waals surface area contributed by atoms with E-state index in [2.05, 4.69) is 37.5 Å². The maximum Gasteiger partial charge on any atom is 0.226 e. The van der Waals surface area contributed by atoms with Crippen LogP contribution in [0.3, 0.4) is 0 Å². The third-order valence-corrected chi connectivity index (χ3v) is 4.76. The highest BCUT2D eigenvalue weighted by molar-refractivity contribution is 5.93. The Morgan fingerprint density at radius 2 is 2.11 bits per heavy atom. The van der Waals surface area contributed by atoms with E-state index in [4.69, 9.17) is 9.47 Å². The van der Waals surface area contributed by atoms with Gasteiger partial charge in [0, 0.05) is 25.2 Å². The van der Waals surface area contributed by atoms with Crippen LogP contribution in [-0.2, 0) is 4.74 Å². The Morgan fingerprint density at radius 1 is 1.30 bits per heavy atom. The summed E-state index contributed by atoms with van der Waals surface area (Å²) in [6, 6.07) is 0.341. The van der Waals surface area contributed by atoms with Crippen molar-refractivity contribution >= 4 is 28.9 Å². The minimum Gasteiger partial charge on any atom is -0.501 e.